The van der Waals surface area contributed by atoms with Crippen LogP contribution in [0.5, 0.6) is 0 Å². The van der Waals surface area contributed by atoms with Gasteiger partial charge in [-0.05, 0) is 20.8 Å². The maximum Gasteiger partial charge on any atom is 0.411 e. The van der Waals surface area contributed by atoms with Gasteiger partial charge in [-0.15, -0.1) is 11.3 Å². The van der Waals surface area contributed by atoms with E-state index in [1.165, 1.54) is 23.9 Å². The van der Waals surface area contributed by atoms with Gasteiger partial charge in [0.2, 0.25) is 0 Å². The van der Waals surface area contributed by atoms with E-state index in [2.05, 4.69) is 4.98 Å². The Hall–Kier alpha value is -1.63. The number of thiazole rings is 1. The van der Waals surface area contributed by atoms with Gasteiger partial charge in [-0.1, -0.05) is 0 Å². The zero-order valence-corrected chi connectivity index (χ0v) is 11.5. The number of aliphatic carboxylic acids is 1. The highest BCUT2D eigenvalue weighted by molar-refractivity contribution is 7.07. The van der Waals surface area contributed by atoms with Crippen molar-refractivity contribution in [3.63, 3.8) is 0 Å². The van der Waals surface area contributed by atoms with Crippen LogP contribution in [-0.4, -0.2) is 39.7 Å². The predicted octanol–water partition coefficient (Wildman–Crippen LogP) is 2.14. The van der Waals surface area contributed by atoms with Gasteiger partial charge in [0.15, 0.2) is 6.04 Å². The molecule has 1 rings (SSSR count). The van der Waals surface area contributed by atoms with E-state index in [-0.39, 0.29) is 0 Å². The number of carbonyl (C=O) groups excluding carboxylic acids is 1. The molecule has 0 fully saturated rings. The van der Waals surface area contributed by atoms with Crippen LogP contribution in [0.15, 0.2) is 10.9 Å². The second kappa shape index (κ2) is 5.34. The molecule has 6 nitrogen and oxygen atoms in total. The third-order valence-electron chi connectivity index (χ3n) is 2.03. The number of aromatic nitrogens is 1. The van der Waals surface area contributed by atoms with Gasteiger partial charge in [0.25, 0.3) is 0 Å². The Balaban J connectivity index is 2.88. The molecule has 1 atom stereocenters. The summed E-state index contributed by atoms with van der Waals surface area (Å²) in [7, 11) is 1.38. The average molecular weight is 272 g/mol. The Morgan fingerprint density at radius 3 is 2.50 bits per heavy atom. The number of carboxylic acids is 1. The van der Waals surface area contributed by atoms with E-state index < -0.39 is 23.7 Å². The normalized spacial score (nSPS) is 12.9. The molecule has 18 heavy (non-hydrogen) atoms. The first kappa shape index (κ1) is 14.4. The predicted molar refractivity (Wildman–Crippen MR) is 66.5 cm³/mol. The molecule has 0 saturated heterocycles. The molecule has 0 aliphatic carbocycles. The van der Waals surface area contributed by atoms with Gasteiger partial charge in [-0.3, -0.25) is 4.90 Å². The van der Waals surface area contributed by atoms with Gasteiger partial charge in [0.1, 0.15) is 5.60 Å². The lowest BCUT2D eigenvalue weighted by molar-refractivity contribution is -0.143. The summed E-state index contributed by atoms with van der Waals surface area (Å²) < 4.78 is 5.13. The quantitative estimate of drug-likeness (QED) is 0.911. The maximum absolute atomic E-state index is 11.8. The van der Waals surface area contributed by atoms with Crippen LogP contribution >= 0.6 is 11.3 Å². The van der Waals surface area contributed by atoms with Crippen LogP contribution in [-0.2, 0) is 9.53 Å². The number of rotatable bonds is 3. The molecule has 1 N–H and O–H groups in total. The van der Waals surface area contributed by atoms with Gasteiger partial charge in [-0.2, -0.15) is 0 Å². The number of hydrogen-bond donors (Lipinski definition) is 1. The van der Waals surface area contributed by atoms with Crippen molar-refractivity contribution in [3.05, 3.63) is 16.6 Å². The van der Waals surface area contributed by atoms with E-state index in [9.17, 15) is 14.7 Å². The Morgan fingerprint density at radius 2 is 2.11 bits per heavy atom. The van der Waals surface area contributed by atoms with Gasteiger partial charge < -0.3 is 9.84 Å². The molecular formula is C11H16N2O4S. The summed E-state index contributed by atoms with van der Waals surface area (Å²) in [5, 5.41) is 10.8. The van der Waals surface area contributed by atoms with Gasteiger partial charge >= 0.3 is 12.1 Å². The highest BCUT2D eigenvalue weighted by Gasteiger charge is 2.32. The van der Waals surface area contributed by atoms with Crippen molar-refractivity contribution < 1.29 is 19.4 Å². The van der Waals surface area contributed by atoms with Crippen LogP contribution in [0.25, 0.3) is 0 Å². The second-order valence-corrected chi connectivity index (χ2v) is 5.46. The number of hydrogen-bond acceptors (Lipinski definition) is 5. The molecule has 0 aliphatic heterocycles. The molecule has 0 saturated carbocycles. The lowest BCUT2D eigenvalue weighted by atomic mass is 10.2. The molecule has 100 valence electrons. The zero-order valence-electron chi connectivity index (χ0n) is 10.7. The molecule has 1 unspecified atom stereocenters. The maximum atomic E-state index is 11.8. The first-order valence-corrected chi connectivity index (χ1v) is 6.23. The van der Waals surface area contributed by atoms with Crippen molar-refractivity contribution in [2.45, 2.75) is 32.4 Å². The monoisotopic (exact) mass is 272 g/mol. The van der Waals surface area contributed by atoms with Crippen molar-refractivity contribution in [2.75, 3.05) is 7.05 Å². The van der Waals surface area contributed by atoms with Crippen molar-refractivity contribution >= 4 is 23.4 Å². The Labute approximate surface area is 109 Å². The van der Waals surface area contributed by atoms with Crippen LogP contribution in [0.3, 0.4) is 0 Å². The van der Waals surface area contributed by atoms with Crippen LogP contribution in [0.2, 0.25) is 0 Å². The molecule has 0 aliphatic rings. The first-order chi connectivity index (χ1) is 8.22. The fourth-order valence-electron chi connectivity index (χ4n) is 1.29. The summed E-state index contributed by atoms with van der Waals surface area (Å²) in [5.41, 5.74) is 1.17. The van der Waals surface area contributed by atoms with Crippen LogP contribution in [0.1, 0.15) is 32.5 Å². The lowest BCUT2D eigenvalue weighted by Gasteiger charge is -2.27. The molecule has 1 aromatic rings. The molecule has 7 heteroatoms. The molecule has 1 heterocycles. The van der Waals surface area contributed by atoms with E-state index in [1.807, 2.05) is 0 Å². The Morgan fingerprint density at radius 1 is 1.50 bits per heavy atom. The number of likely N-dealkylation sites (N-methyl/N-ethyl adjacent to an activating group) is 1. The van der Waals surface area contributed by atoms with Crippen molar-refractivity contribution in [3.8, 4) is 0 Å². The third-order valence-corrected chi connectivity index (χ3v) is 2.64. The third kappa shape index (κ3) is 3.69. The Bertz CT molecular complexity index is 425. The molecule has 0 aromatic carbocycles. The smallest absolute Gasteiger partial charge is 0.411 e. The SMILES string of the molecule is CN(C(=O)OC(C)(C)C)C(C(=O)O)c1cscn1. The minimum atomic E-state index is -1.14. The van der Waals surface area contributed by atoms with E-state index in [4.69, 9.17) is 4.74 Å². The number of nitrogens with zero attached hydrogens (tertiary/aromatic N) is 2. The minimum absolute atomic E-state index is 0.320. The minimum Gasteiger partial charge on any atom is -0.479 e. The van der Waals surface area contributed by atoms with Crippen molar-refractivity contribution in [1.82, 2.24) is 9.88 Å². The summed E-state index contributed by atoms with van der Waals surface area (Å²) in [6, 6.07) is -1.13. The van der Waals surface area contributed by atoms with Crippen LogP contribution in [0.4, 0.5) is 4.79 Å². The number of ether oxygens (including phenoxy) is 1. The second-order valence-electron chi connectivity index (χ2n) is 4.75. The van der Waals surface area contributed by atoms with E-state index in [1.54, 1.807) is 26.2 Å². The van der Waals surface area contributed by atoms with E-state index >= 15 is 0 Å². The fourth-order valence-corrected chi connectivity index (χ4v) is 1.86. The van der Waals surface area contributed by atoms with Gasteiger partial charge in [0.05, 0.1) is 11.2 Å². The molecular weight excluding hydrogens is 256 g/mol. The van der Waals surface area contributed by atoms with Crippen molar-refractivity contribution in [1.29, 1.82) is 0 Å². The lowest BCUT2D eigenvalue weighted by Crippen LogP contribution is -2.39. The number of amides is 1. The first-order valence-electron chi connectivity index (χ1n) is 5.29. The standard InChI is InChI=1S/C11H16N2O4S/c1-11(2,3)17-10(16)13(4)8(9(14)15)7-5-18-6-12-7/h5-6,8H,1-4H3,(H,14,15). The summed E-state index contributed by atoms with van der Waals surface area (Å²) in [4.78, 5) is 28.0. The van der Waals surface area contributed by atoms with Gasteiger partial charge in [-0.25, -0.2) is 14.6 Å². The molecule has 0 spiro atoms. The van der Waals surface area contributed by atoms with Crippen LogP contribution < -0.4 is 0 Å². The average Bonchev–Trinajstić information content (AvgIpc) is 2.67. The fraction of sp³-hybridized carbons (Fsp3) is 0.545. The molecule has 0 bridgehead atoms. The number of carboxylic acid groups (broad SMARTS) is 1. The zero-order chi connectivity index (χ0) is 13.9. The van der Waals surface area contributed by atoms with Gasteiger partial charge in [0, 0.05) is 12.4 Å². The highest BCUT2D eigenvalue weighted by Crippen LogP contribution is 2.21. The number of carbonyl (C=O) groups is 2. The molecule has 1 aromatic heterocycles. The summed E-state index contributed by atoms with van der Waals surface area (Å²) in [5.74, 6) is -1.14. The van der Waals surface area contributed by atoms with E-state index in [0.717, 1.165) is 4.90 Å². The highest BCUT2D eigenvalue weighted by atomic mass is 32.1. The van der Waals surface area contributed by atoms with Crippen molar-refractivity contribution in [2.24, 2.45) is 0 Å². The molecule has 0 radical (unpaired) electrons. The topological polar surface area (TPSA) is 79.7 Å². The van der Waals surface area contributed by atoms with E-state index in [0.29, 0.717) is 5.69 Å². The largest absolute Gasteiger partial charge is 0.479 e. The Kier molecular flexibility index (Phi) is 4.28. The summed E-state index contributed by atoms with van der Waals surface area (Å²) >= 11 is 1.27. The summed E-state index contributed by atoms with van der Waals surface area (Å²) in [6.07, 6.45) is -0.692. The summed E-state index contributed by atoms with van der Waals surface area (Å²) in [6.45, 7) is 5.16. The van der Waals surface area contributed by atoms with Crippen LogP contribution in [0, 0.1) is 0 Å². The molecule has 1 amide bonds.